The van der Waals surface area contributed by atoms with Crippen LogP contribution >= 0.6 is 0 Å². The molecule has 30 heavy (non-hydrogen) atoms. The Kier molecular flexibility index (Phi) is 7.20. The molecule has 1 heterocycles. The molecule has 158 valence electrons. The molecule has 0 spiro atoms. The van der Waals surface area contributed by atoms with E-state index in [1.165, 1.54) is 19.2 Å². The number of carbonyl (C=O) groups excluding carboxylic acids is 1. The van der Waals surface area contributed by atoms with Gasteiger partial charge in [0.2, 0.25) is 0 Å². The number of urea groups is 1. The van der Waals surface area contributed by atoms with Crippen molar-refractivity contribution in [3.8, 4) is 11.5 Å². The Hall–Kier alpha value is -3.62. The van der Waals surface area contributed by atoms with Gasteiger partial charge in [0.25, 0.3) is 0 Å². The summed E-state index contributed by atoms with van der Waals surface area (Å²) in [4.78, 5) is 16.4. The van der Waals surface area contributed by atoms with Gasteiger partial charge >= 0.3 is 12.6 Å². The number of nitrogens with one attached hydrogen (secondary N) is 3. The predicted octanol–water partition coefficient (Wildman–Crippen LogP) is 3.76. The summed E-state index contributed by atoms with van der Waals surface area (Å²) in [6.07, 6.45) is 0. The first-order valence-electron chi connectivity index (χ1n) is 9.28. The standard InChI is InChI=1S/C21H22F2N4O3/c1-29-18-12-14(6-8-17(18)30-20(22)23)13-26-21(28)25-11-10-24-19-9-7-15-4-2-3-5-16(15)27-19/h2-9,12,20H,10-11,13H2,1H3,(H,24,27)(H2,25,26,28). The van der Waals surface area contributed by atoms with E-state index in [4.69, 9.17) is 4.74 Å². The number of hydrogen-bond acceptors (Lipinski definition) is 5. The van der Waals surface area contributed by atoms with E-state index in [0.717, 1.165) is 16.7 Å². The number of amides is 2. The van der Waals surface area contributed by atoms with Gasteiger partial charge in [-0.1, -0.05) is 24.3 Å². The summed E-state index contributed by atoms with van der Waals surface area (Å²) < 4.78 is 34.1. The van der Waals surface area contributed by atoms with E-state index in [-0.39, 0.29) is 24.1 Å². The van der Waals surface area contributed by atoms with Crippen LogP contribution in [0, 0.1) is 0 Å². The fourth-order valence-corrected chi connectivity index (χ4v) is 2.79. The van der Waals surface area contributed by atoms with Crippen molar-refractivity contribution < 1.29 is 23.0 Å². The number of carbonyl (C=O) groups is 1. The minimum absolute atomic E-state index is 0.0610. The average molecular weight is 416 g/mol. The maximum atomic E-state index is 12.4. The second-order valence-corrected chi connectivity index (χ2v) is 6.29. The number of rotatable bonds is 9. The summed E-state index contributed by atoms with van der Waals surface area (Å²) in [5.74, 6) is 0.838. The molecule has 3 N–H and O–H groups in total. The van der Waals surface area contributed by atoms with Crippen LogP contribution in [0.1, 0.15) is 5.56 Å². The van der Waals surface area contributed by atoms with Gasteiger partial charge in [0.05, 0.1) is 12.6 Å². The number of fused-ring (bicyclic) bond motifs is 1. The normalized spacial score (nSPS) is 10.7. The second-order valence-electron chi connectivity index (χ2n) is 6.29. The van der Waals surface area contributed by atoms with E-state index < -0.39 is 6.61 Å². The van der Waals surface area contributed by atoms with Crippen molar-refractivity contribution in [1.82, 2.24) is 15.6 Å². The fraction of sp³-hybridized carbons (Fsp3) is 0.238. The fourth-order valence-electron chi connectivity index (χ4n) is 2.79. The molecule has 0 saturated heterocycles. The van der Waals surface area contributed by atoms with Gasteiger partial charge in [0.15, 0.2) is 11.5 Å². The molecule has 0 radical (unpaired) electrons. The van der Waals surface area contributed by atoms with Crippen molar-refractivity contribution in [3.05, 3.63) is 60.2 Å². The number of aromatic nitrogens is 1. The van der Waals surface area contributed by atoms with E-state index in [0.29, 0.717) is 18.7 Å². The largest absolute Gasteiger partial charge is 0.493 e. The molecule has 9 heteroatoms. The maximum Gasteiger partial charge on any atom is 0.387 e. The summed E-state index contributed by atoms with van der Waals surface area (Å²) in [7, 11) is 1.36. The number of nitrogens with zero attached hydrogens (tertiary/aromatic N) is 1. The summed E-state index contributed by atoms with van der Waals surface area (Å²) in [5, 5.41) is 9.64. The lowest BCUT2D eigenvalue weighted by molar-refractivity contribution is -0.0512. The number of methoxy groups -OCH3 is 1. The van der Waals surface area contributed by atoms with E-state index in [2.05, 4.69) is 25.7 Å². The summed E-state index contributed by atoms with van der Waals surface area (Å²) in [6, 6.07) is 15.8. The highest BCUT2D eigenvalue weighted by atomic mass is 19.3. The smallest absolute Gasteiger partial charge is 0.387 e. The molecule has 0 unspecified atom stereocenters. The Morgan fingerprint density at radius 1 is 1.03 bits per heavy atom. The highest BCUT2D eigenvalue weighted by Crippen LogP contribution is 2.29. The van der Waals surface area contributed by atoms with Crippen LogP contribution in [0.15, 0.2) is 54.6 Å². The highest BCUT2D eigenvalue weighted by molar-refractivity contribution is 5.80. The number of pyridine rings is 1. The topological polar surface area (TPSA) is 84.5 Å². The molecule has 2 aromatic carbocycles. The van der Waals surface area contributed by atoms with Gasteiger partial charge in [-0.2, -0.15) is 8.78 Å². The minimum Gasteiger partial charge on any atom is -0.493 e. The third-order valence-electron chi connectivity index (χ3n) is 4.21. The van der Waals surface area contributed by atoms with Crippen LogP contribution in [0.3, 0.4) is 0 Å². The number of ether oxygens (including phenoxy) is 2. The van der Waals surface area contributed by atoms with Crippen LogP contribution < -0.4 is 25.4 Å². The lowest BCUT2D eigenvalue weighted by atomic mass is 10.2. The van der Waals surface area contributed by atoms with E-state index >= 15 is 0 Å². The molecule has 0 aliphatic rings. The number of hydrogen-bond donors (Lipinski definition) is 3. The first-order valence-corrected chi connectivity index (χ1v) is 9.28. The molecule has 2 amide bonds. The highest BCUT2D eigenvalue weighted by Gasteiger charge is 2.11. The Morgan fingerprint density at radius 3 is 2.67 bits per heavy atom. The Labute approximate surface area is 172 Å². The minimum atomic E-state index is -2.94. The maximum absolute atomic E-state index is 12.4. The van der Waals surface area contributed by atoms with Crippen LogP contribution in [-0.2, 0) is 6.54 Å². The van der Waals surface area contributed by atoms with Crippen LogP contribution in [0.25, 0.3) is 10.9 Å². The first-order chi connectivity index (χ1) is 14.5. The van der Waals surface area contributed by atoms with Crippen molar-refractivity contribution in [2.45, 2.75) is 13.2 Å². The zero-order valence-corrected chi connectivity index (χ0v) is 16.3. The van der Waals surface area contributed by atoms with Gasteiger partial charge in [-0.25, -0.2) is 9.78 Å². The molecule has 7 nitrogen and oxygen atoms in total. The van der Waals surface area contributed by atoms with Crippen LogP contribution in [-0.4, -0.2) is 37.8 Å². The van der Waals surface area contributed by atoms with Gasteiger partial charge in [-0.05, 0) is 35.9 Å². The predicted molar refractivity (Wildman–Crippen MR) is 110 cm³/mol. The van der Waals surface area contributed by atoms with Crippen molar-refractivity contribution in [2.24, 2.45) is 0 Å². The molecular weight excluding hydrogens is 394 g/mol. The quantitative estimate of drug-likeness (QED) is 0.463. The average Bonchev–Trinajstić information content (AvgIpc) is 2.75. The molecule has 0 bridgehead atoms. The first kappa shape index (κ1) is 21.1. The number of halogens is 2. The molecule has 0 fully saturated rings. The van der Waals surface area contributed by atoms with Crippen molar-refractivity contribution >= 4 is 22.8 Å². The van der Waals surface area contributed by atoms with E-state index in [9.17, 15) is 13.6 Å². The Bertz CT molecular complexity index is 1000. The number of anilines is 1. The van der Waals surface area contributed by atoms with Gasteiger partial charge < -0.3 is 25.4 Å². The molecule has 0 aliphatic carbocycles. The molecular formula is C21H22F2N4O3. The molecule has 0 atom stereocenters. The molecule has 0 aliphatic heterocycles. The van der Waals surface area contributed by atoms with Crippen molar-refractivity contribution in [1.29, 1.82) is 0 Å². The Morgan fingerprint density at radius 2 is 1.87 bits per heavy atom. The number of benzene rings is 2. The second kappa shape index (κ2) is 10.2. The number of alkyl halides is 2. The van der Waals surface area contributed by atoms with Crippen molar-refractivity contribution in [2.75, 3.05) is 25.5 Å². The van der Waals surface area contributed by atoms with Gasteiger partial charge in [-0.3, -0.25) is 0 Å². The van der Waals surface area contributed by atoms with Crippen LogP contribution in [0.2, 0.25) is 0 Å². The molecule has 3 rings (SSSR count). The van der Waals surface area contributed by atoms with Gasteiger partial charge in [0.1, 0.15) is 5.82 Å². The third-order valence-corrected chi connectivity index (χ3v) is 4.21. The monoisotopic (exact) mass is 416 g/mol. The van der Waals surface area contributed by atoms with Crippen molar-refractivity contribution in [3.63, 3.8) is 0 Å². The lowest BCUT2D eigenvalue weighted by Crippen LogP contribution is -2.37. The SMILES string of the molecule is COc1cc(CNC(=O)NCCNc2ccc3ccccc3n2)ccc1OC(F)F. The summed E-state index contributed by atoms with van der Waals surface area (Å²) in [5.41, 5.74) is 1.58. The lowest BCUT2D eigenvalue weighted by Gasteiger charge is -2.12. The van der Waals surface area contributed by atoms with Gasteiger partial charge in [-0.15, -0.1) is 0 Å². The Balaban J connectivity index is 1.41. The molecule has 3 aromatic rings. The zero-order chi connectivity index (χ0) is 21.3. The summed E-state index contributed by atoms with van der Waals surface area (Å²) >= 11 is 0. The van der Waals surface area contributed by atoms with Gasteiger partial charge in [0, 0.05) is 25.0 Å². The molecule has 0 saturated carbocycles. The molecule has 1 aromatic heterocycles. The summed E-state index contributed by atoms with van der Waals surface area (Å²) in [6.45, 7) is -1.83. The van der Waals surface area contributed by atoms with E-state index in [1.807, 2.05) is 36.4 Å². The number of para-hydroxylation sites is 1. The zero-order valence-electron chi connectivity index (χ0n) is 16.3. The van der Waals surface area contributed by atoms with E-state index in [1.54, 1.807) is 6.07 Å². The van der Waals surface area contributed by atoms with Crippen LogP contribution in [0.4, 0.5) is 19.4 Å². The third kappa shape index (κ3) is 5.94. The van der Waals surface area contributed by atoms with Crippen LogP contribution in [0.5, 0.6) is 11.5 Å².